The van der Waals surface area contributed by atoms with Gasteiger partial charge in [-0.25, -0.2) is 0 Å². The Hall–Kier alpha value is -1.55. The number of carbonyl (C=O) groups is 1. The highest BCUT2D eigenvalue weighted by atomic mass is 16.3. The van der Waals surface area contributed by atoms with Gasteiger partial charge in [-0.15, -0.1) is 0 Å². The summed E-state index contributed by atoms with van der Waals surface area (Å²) in [5.74, 6) is 0.0717. The molecule has 0 spiro atoms. The summed E-state index contributed by atoms with van der Waals surface area (Å²) in [4.78, 5) is 11.8. The fourth-order valence-electron chi connectivity index (χ4n) is 1.98. The molecular formula is C15H23NO3. The van der Waals surface area contributed by atoms with E-state index in [-0.39, 0.29) is 30.1 Å². The van der Waals surface area contributed by atoms with Crippen molar-refractivity contribution in [3.63, 3.8) is 0 Å². The number of phenolic OH excluding ortho intramolecular Hbond substituents is 1. The normalized spacial score (nSPS) is 11.3. The summed E-state index contributed by atoms with van der Waals surface area (Å²) in [5.41, 5.74) is 0.550. The molecule has 0 aromatic heterocycles. The first-order valence-electron chi connectivity index (χ1n) is 6.70. The molecule has 0 bridgehead atoms. The third-order valence-corrected chi connectivity index (χ3v) is 3.77. The fraction of sp³-hybridized carbons (Fsp3) is 0.533. The van der Waals surface area contributed by atoms with E-state index >= 15 is 0 Å². The van der Waals surface area contributed by atoms with Crippen LogP contribution in [0.5, 0.6) is 5.75 Å². The van der Waals surface area contributed by atoms with E-state index in [4.69, 9.17) is 0 Å². The average molecular weight is 265 g/mol. The van der Waals surface area contributed by atoms with Crippen LogP contribution in [0.15, 0.2) is 24.3 Å². The maximum atomic E-state index is 11.8. The van der Waals surface area contributed by atoms with Gasteiger partial charge in [0, 0.05) is 12.0 Å². The van der Waals surface area contributed by atoms with Gasteiger partial charge in [0.1, 0.15) is 5.75 Å². The summed E-state index contributed by atoms with van der Waals surface area (Å²) in [6.07, 6.45) is 1.89. The number of amides is 1. The Bertz CT molecular complexity index is 405. The largest absolute Gasteiger partial charge is 0.508 e. The smallest absolute Gasteiger partial charge is 0.224 e. The molecule has 1 aromatic rings. The number of hydrogen-bond acceptors (Lipinski definition) is 3. The maximum Gasteiger partial charge on any atom is 0.224 e. The van der Waals surface area contributed by atoms with Gasteiger partial charge in [0.05, 0.1) is 13.0 Å². The number of aromatic hydroxyl groups is 1. The second-order valence-electron chi connectivity index (χ2n) is 4.99. The molecule has 4 heteroatoms. The predicted molar refractivity (Wildman–Crippen MR) is 74.9 cm³/mol. The number of aliphatic hydroxyl groups excluding tert-OH is 1. The molecule has 106 valence electrons. The van der Waals surface area contributed by atoms with E-state index in [1.807, 2.05) is 13.8 Å². The molecule has 19 heavy (non-hydrogen) atoms. The van der Waals surface area contributed by atoms with Crippen molar-refractivity contribution in [2.45, 2.75) is 33.1 Å². The number of rotatable bonds is 7. The summed E-state index contributed by atoms with van der Waals surface area (Å²) in [6.45, 7) is 4.59. The third kappa shape index (κ3) is 4.56. The molecule has 0 unspecified atom stereocenters. The molecule has 0 heterocycles. The van der Waals surface area contributed by atoms with Crippen molar-refractivity contribution in [3.05, 3.63) is 29.8 Å². The van der Waals surface area contributed by atoms with Crippen LogP contribution >= 0.6 is 0 Å². The van der Waals surface area contributed by atoms with E-state index in [1.165, 1.54) is 0 Å². The molecule has 0 aliphatic heterocycles. The molecule has 0 atom stereocenters. The Kier molecular flexibility index (Phi) is 5.83. The Morgan fingerprint density at radius 2 is 2.00 bits per heavy atom. The molecule has 0 fully saturated rings. The van der Waals surface area contributed by atoms with Gasteiger partial charge in [-0.3, -0.25) is 4.79 Å². The average Bonchev–Trinajstić information content (AvgIpc) is 2.41. The lowest BCUT2D eigenvalue weighted by Crippen LogP contribution is -2.39. The molecule has 4 nitrogen and oxygen atoms in total. The molecule has 1 aromatic carbocycles. The minimum absolute atomic E-state index is 0.0758. The van der Waals surface area contributed by atoms with Crippen LogP contribution < -0.4 is 5.32 Å². The van der Waals surface area contributed by atoms with Crippen molar-refractivity contribution in [2.24, 2.45) is 5.41 Å². The number of carbonyl (C=O) groups excluding carboxylic acids is 1. The number of hydrogen-bond donors (Lipinski definition) is 3. The number of benzene rings is 1. The van der Waals surface area contributed by atoms with Crippen molar-refractivity contribution in [1.82, 2.24) is 5.32 Å². The van der Waals surface area contributed by atoms with Gasteiger partial charge < -0.3 is 15.5 Å². The Labute approximate surface area is 114 Å². The van der Waals surface area contributed by atoms with Gasteiger partial charge in [-0.05, 0) is 30.5 Å². The van der Waals surface area contributed by atoms with Crippen LogP contribution in [0.25, 0.3) is 0 Å². The van der Waals surface area contributed by atoms with Crippen LogP contribution in [0.3, 0.4) is 0 Å². The van der Waals surface area contributed by atoms with Crippen LogP contribution in [0.4, 0.5) is 0 Å². The number of phenols is 1. The Morgan fingerprint density at radius 3 is 2.53 bits per heavy atom. The van der Waals surface area contributed by atoms with E-state index < -0.39 is 0 Å². The highest BCUT2D eigenvalue weighted by molar-refractivity contribution is 5.78. The van der Waals surface area contributed by atoms with Crippen LogP contribution in [0.1, 0.15) is 32.3 Å². The molecule has 0 radical (unpaired) electrons. The van der Waals surface area contributed by atoms with Gasteiger partial charge in [0.2, 0.25) is 5.91 Å². The van der Waals surface area contributed by atoms with Gasteiger partial charge >= 0.3 is 0 Å². The van der Waals surface area contributed by atoms with Crippen LogP contribution in [-0.4, -0.2) is 29.3 Å². The second kappa shape index (κ2) is 7.14. The van der Waals surface area contributed by atoms with Gasteiger partial charge in [0.25, 0.3) is 0 Å². The van der Waals surface area contributed by atoms with E-state index in [9.17, 15) is 15.0 Å². The summed E-state index contributed by atoms with van der Waals surface area (Å²) < 4.78 is 0. The lowest BCUT2D eigenvalue weighted by Gasteiger charge is -2.29. The number of nitrogens with one attached hydrogen (secondary N) is 1. The molecule has 1 amide bonds. The highest BCUT2D eigenvalue weighted by Crippen LogP contribution is 2.24. The van der Waals surface area contributed by atoms with E-state index in [0.29, 0.717) is 6.54 Å². The molecule has 3 N–H and O–H groups in total. The third-order valence-electron chi connectivity index (χ3n) is 3.77. The van der Waals surface area contributed by atoms with E-state index in [2.05, 4.69) is 5.32 Å². The quantitative estimate of drug-likeness (QED) is 0.704. The Balaban J connectivity index is 2.52. The summed E-state index contributed by atoms with van der Waals surface area (Å²) in [7, 11) is 0. The zero-order chi connectivity index (χ0) is 14.3. The van der Waals surface area contributed by atoms with Crippen molar-refractivity contribution >= 4 is 5.91 Å². The number of aliphatic hydroxyl groups is 1. The van der Waals surface area contributed by atoms with Gasteiger partial charge in [-0.1, -0.05) is 26.0 Å². The zero-order valence-corrected chi connectivity index (χ0v) is 11.6. The van der Waals surface area contributed by atoms with Crippen molar-refractivity contribution in [2.75, 3.05) is 13.2 Å². The van der Waals surface area contributed by atoms with Gasteiger partial charge in [0.15, 0.2) is 0 Å². The molecule has 0 aliphatic rings. The summed E-state index contributed by atoms with van der Waals surface area (Å²) >= 11 is 0. The second-order valence-corrected chi connectivity index (χ2v) is 4.99. The van der Waals surface area contributed by atoms with E-state index in [0.717, 1.165) is 18.4 Å². The zero-order valence-electron chi connectivity index (χ0n) is 11.6. The van der Waals surface area contributed by atoms with Crippen molar-refractivity contribution < 1.29 is 15.0 Å². The van der Waals surface area contributed by atoms with Crippen LogP contribution in [0.2, 0.25) is 0 Å². The molecule has 0 saturated heterocycles. The molecule has 0 aliphatic carbocycles. The van der Waals surface area contributed by atoms with Crippen LogP contribution in [-0.2, 0) is 11.2 Å². The van der Waals surface area contributed by atoms with E-state index in [1.54, 1.807) is 24.3 Å². The van der Waals surface area contributed by atoms with Crippen molar-refractivity contribution in [3.8, 4) is 5.75 Å². The minimum atomic E-state index is -0.228. The first-order valence-corrected chi connectivity index (χ1v) is 6.70. The first kappa shape index (κ1) is 15.5. The monoisotopic (exact) mass is 265 g/mol. The predicted octanol–water partition coefficient (Wildman–Crippen LogP) is 1.85. The van der Waals surface area contributed by atoms with Crippen molar-refractivity contribution in [1.29, 1.82) is 0 Å². The lowest BCUT2D eigenvalue weighted by molar-refractivity contribution is -0.121. The molecule has 1 rings (SSSR count). The lowest BCUT2D eigenvalue weighted by atomic mass is 9.83. The van der Waals surface area contributed by atoms with Gasteiger partial charge in [-0.2, -0.15) is 0 Å². The Morgan fingerprint density at radius 1 is 1.32 bits per heavy atom. The minimum Gasteiger partial charge on any atom is -0.508 e. The summed E-state index contributed by atoms with van der Waals surface area (Å²) in [6, 6.07) is 6.68. The standard InChI is InChI=1S/C15H23NO3/c1-3-15(4-2,11-17)10-16-14(19)9-12-6-5-7-13(18)8-12/h5-8,17-18H,3-4,9-11H2,1-2H3,(H,16,19). The molecule has 0 saturated carbocycles. The SMILES string of the molecule is CCC(CC)(CO)CNC(=O)Cc1cccc(O)c1. The fourth-order valence-corrected chi connectivity index (χ4v) is 1.98. The highest BCUT2D eigenvalue weighted by Gasteiger charge is 2.25. The van der Waals surface area contributed by atoms with Crippen LogP contribution in [0, 0.1) is 5.41 Å². The molecular weight excluding hydrogens is 242 g/mol. The topological polar surface area (TPSA) is 69.6 Å². The summed E-state index contributed by atoms with van der Waals surface area (Å²) in [5, 5.41) is 21.6. The first-order chi connectivity index (χ1) is 9.05. The maximum absolute atomic E-state index is 11.8.